The summed E-state index contributed by atoms with van der Waals surface area (Å²) in [5.74, 6) is 2.07. The lowest BCUT2D eigenvalue weighted by Gasteiger charge is -2.31. The fraction of sp³-hybridized carbons (Fsp3) is 0.609. The van der Waals surface area contributed by atoms with E-state index in [-0.39, 0.29) is 18.0 Å². The molecule has 2 unspecified atom stereocenters. The lowest BCUT2D eigenvalue weighted by molar-refractivity contribution is -0.119. The highest BCUT2D eigenvalue weighted by atomic mass is 32.2. The van der Waals surface area contributed by atoms with Crippen molar-refractivity contribution in [1.82, 2.24) is 25.0 Å². The van der Waals surface area contributed by atoms with Crippen LogP contribution in [0.2, 0.25) is 0 Å². The molecule has 0 radical (unpaired) electrons. The Morgan fingerprint density at radius 3 is 2.52 bits per heavy atom. The second-order valence-electron chi connectivity index (χ2n) is 8.19. The van der Waals surface area contributed by atoms with Crippen molar-refractivity contribution >= 4 is 17.7 Å². The van der Waals surface area contributed by atoms with E-state index in [2.05, 4.69) is 38.8 Å². The molecule has 1 fully saturated rings. The number of piperidine rings is 1. The molecule has 2 aromatic rings. The number of aromatic nitrogens is 3. The second kappa shape index (κ2) is 11.5. The number of amides is 1. The number of nitrogens with one attached hydrogen (secondary N) is 1. The van der Waals surface area contributed by atoms with E-state index in [4.69, 9.17) is 4.74 Å². The maximum Gasteiger partial charge on any atom is 0.230 e. The fourth-order valence-electron chi connectivity index (χ4n) is 4.04. The summed E-state index contributed by atoms with van der Waals surface area (Å²) in [6, 6.07) is 8.26. The molecule has 1 amide bonds. The van der Waals surface area contributed by atoms with Crippen LogP contribution in [0, 0.1) is 0 Å². The molecule has 31 heavy (non-hydrogen) atoms. The Balaban J connectivity index is 1.82. The van der Waals surface area contributed by atoms with Gasteiger partial charge in [-0.2, -0.15) is 0 Å². The summed E-state index contributed by atoms with van der Waals surface area (Å²) >= 11 is 1.43. The minimum absolute atomic E-state index is 0.0286. The van der Waals surface area contributed by atoms with Crippen LogP contribution in [0.5, 0.6) is 5.75 Å². The quantitative estimate of drug-likeness (QED) is 0.552. The van der Waals surface area contributed by atoms with Crippen LogP contribution >= 0.6 is 11.8 Å². The smallest absolute Gasteiger partial charge is 0.230 e. The first-order valence-electron chi connectivity index (χ1n) is 11.3. The largest absolute Gasteiger partial charge is 0.497 e. The fourth-order valence-corrected chi connectivity index (χ4v) is 4.81. The zero-order chi connectivity index (χ0) is 22.2. The van der Waals surface area contributed by atoms with Gasteiger partial charge in [0.2, 0.25) is 5.91 Å². The molecule has 2 atom stereocenters. The molecule has 0 saturated carbocycles. The van der Waals surface area contributed by atoms with E-state index < -0.39 is 0 Å². The van der Waals surface area contributed by atoms with Crippen molar-refractivity contribution in [1.29, 1.82) is 0 Å². The van der Waals surface area contributed by atoms with Crippen molar-refractivity contribution in [3.63, 3.8) is 0 Å². The van der Waals surface area contributed by atoms with Gasteiger partial charge in [0.1, 0.15) is 5.75 Å². The van der Waals surface area contributed by atoms with Crippen molar-refractivity contribution in [3.05, 3.63) is 30.1 Å². The summed E-state index contributed by atoms with van der Waals surface area (Å²) in [4.78, 5) is 14.9. The number of ether oxygens (including phenoxy) is 1. The molecule has 1 N–H and O–H groups in total. The minimum atomic E-state index is 0.0286. The van der Waals surface area contributed by atoms with Gasteiger partial charge in [-0.15, -0.1) is 10.2 Å². The topological polar surface area (TPSA) is 72.3 Å². The molecule has 0 bridgehead atoms. The number of nitrogens with zero attached hydrogens (tertiary/aromatic N) is 4. The summed E-state index contributed by atoms with van der Waals surface area (Å²) in [6.07, 6.45) is 5.77. The van der Waals surface area contributed by atoms with Gasteiger partial charge in [0.25, 0.3) is 0 Å². The van der Waals surface area contributed by atoms with Crippen LogP contribution in [0.15, 0.2) is 29.4 Å². The van der Waals surface area contributed by atoms with Gasteiger partial charge in [-0.05, 0) is 70.5 Å². The lowest BCUT2D eigenvalue weighted by atomic mass is 10.1. The van der Waals surface area contributed by atoms with Crippen molar-refractivity contribution in [2.45, 2.75) is 70.1 Å². The number of rotatable bonds is 10. The van der Waals surface area contributed by atoms with Crippen molar-refractivity contribution in [2.75, 3.05) is 26.0 Å². The van der Waals surface area contributed by atoms with Crippen LogP contribution in [0.3, 0.4) is 0 Å². The Kier molecular flexibility index (Phi) is 8.78. The standard InChI is InChI=1S/C23H35N5O2S/c1-5-9-17(2)24-21(29)16-31-23-26-25-22(18(3)27-14-7-6-8-15-27)28(23)19-10-12-20(30-4)13-11-19/h10-13,17-18H,5-9,14-16H2,1-4H3,(H,24,29). The maximum absolute atomic E-state index is 12.4. The Morgan fingerprint density at radius 2 is 1.87 bits per heavy atom. The van der Waals surface area contributed by atoms with E-state index >= 15 is 0 Å². The zero-order valence-corrected chi connectivity index (χ0v) is 20.0. The average molecular weight is 446 g/mol. The Hall–Kier alpha value is -2.06. The molecule has 170 valence electrons. The van der Waals surface area contributed by atoms with Crippen molar-refractivity contribution in [3.8, 4) is 11.4 Å². The van der Waals surface area contributed by atoms with E-state index in [9.17, 15) is 4.79 Å². The monoisotopic (exact) mass is 445 g/mol. The van der Waals surface area contributed by atoms with Gasteiger partial charge < -0.3 is 10.1 Å². The van der Waals surface area contributed by atoms with Crippen LogP contribution in [0.1, 0.15) is 64.7 Å². The average Bonchev–Trinajstić information content (AvgIpc) is 3.22. The van der Waals surface area contributed by atoms with E-state index in [1.807, 2.05) is 31.2 Å². The summed E-state index contributed by atoms with van der Waals surface area (Å²) in [5.41, 5.74) is 0.979. The number of thioether (sulfide) groups is 1. The van der Waals surface area contributed by atoms with Crippen molar-refractivity contribution < 1.29 is 9.53 Å². The number of hydrogen-bond acceptors (Lipinski definition) is 6. The maximum atomic E-state index is 12.4. The molecule has 3 rings (SSSR count). The Bertz CT molecular complexity index is 833. The highest BCUT2D eigenvalue weighted by Crippen LogP contribution is 2.30. The number of likely N-dealkylation sites (tertiary alicyclic amines) is 1. The zero-order valence-electron chi connectivity index (χ0n) is 19.1. The minimum Gasteiger partial charge on any atom is -0.497 e. The van der Waals surface area contributed by atoms with Gasteiger partial charge >= 0.3 is 0 Å². The first kappa shape index (κ1) is 23.6. The summed E-state index contributed by atoms with van der Waals surface area (Å²) < 4.78 is 7.41. The first-order valence-corrected chi connectivity index (χ1v) is 12.3. The predicted octanol–water partition coefficient (Wildman–Crippen LogP) is 4.22. The van der Waals surface area contributed by atoms with Crippen LogP contribution in [0.25, 0.3) is 5.69 Å². The predicted molar refractivity (Wildman–Crippen MR) is 125 cm³/mol. The number of hydrogen-bond donors (Lipinski definition) is 1. The highest BCUT2D eigenvalue weighted by molar-refractivity contribution is 7.99. The molecule has 1 aliphatic rings. The number of carbonyl (C=O) groups is 1. The van der Waals surface area contributed by atoms with Gasteiger partial charge in [0, 0.05) is 11.7 Å². The third-order valence-electron chi connectivity index (χ3n) is 5.76. The number of carbonyl (C=O) groups excluding carboxylic acids is 1. The van der Waals surface area contributed by atoms with Gasteiger partial charge in [0.15, 0.2) is 11.0 Å². The number of methoxy groups -OCH3 is 1. The number of benzene rings is 1. The van der Waals surface area contributed by atoms with Crippen LogP contribution in [-0.2, 0) is 4.79 Å². The van der Waals surface area contributed by atoms with Gasteiger partial charge in [-0.1, -0.05) is 31.5 Å². The first-order chi connectivity index (χ1) is 15.0. The van der Waals surface area contributed by atoms with Crippen LogP contribution in [-0.4, -0.2) is 57.6 Å². The van der Waals surface area contributed by atoms with E-state index in [0.29, 0.717) is 5.75 Å². The Labute approximate surface area is 189 Å². The molecule has 1 saturated heterocycles. The molecule has 1 aliphatic heterocycles. The van der Waals surface area contributed by atoms with Crippen molar-refractivity contribution in [2.24, 2.45) is 0 Å². The van der Waals surface area contributed by atoms with E-state index in [1.54, 1.807) is 7.11 Å². The van der Waals surface area contributed by atoms with Gasteiger partial charge in [-0.3, -0.25) is 14.3 Å². The van der Waals surface area contributed by atoms with E-state index in [1.165, 1.54) is 31.0 Å². The molecule has 0 aliphatic carbocycles. The molecular weight excluding hydrogens is 410 g/mol. The highest BCUT2D eigenvalue weighted by Gasteiger charge is 2.26. The summed E-state index contributed by atoms with van der Waals surface area (Å²) in [6.45, 7) is 8.53. The SMILES string of the molecule is CCCC(C)NC(=O)CSc1nnc(C(C)N2CCCCC2)n1-c1ccc(OC)cc1. The van der Waals surface area contributed by atoms with Gasteiger partial charge in [-0.25, -0.2) is 0 Å². The third kappa shape index (κ3) is 6.23. The molecule has 8 heteroatoms. The summed E-state index contributed by atoms with van der Waals surface area (Å²) in [5, 5.41) is 12.8. The Morgan fingerprint density at radius 1 is 1.16 bits per heavy atom. The lowest BCUT2D eigenvalue weighted by Crippen LogP contribution is -2.34. The summed E-state index contributed by atoms with van der Waals surface area (Å²) in [7, 11) is 1.66. The molecule has 1 aromatic heterocycles. The normalized spacial score (nSPS) is 16.6. The molecular formula is C23H35N5O2S. The molecule has 7 nitrogen and oxygen atoms in total. The second-order valence-corrected chi connectivity index (χ2v) is 9.14. The molecule has 2 heterocycles. The van der Waals surface area contributed by atoms with E-state index in [0.717, 1.165) is 48.3 Å². The van der Waals surface area contributed by atoms with Gasteiger partial charge in [0.05, 0.1) is 18.9 Å². The molecule has 0 spiro atoms. The van der Waals surface area contributed by atoms with Crippen LogP contribution in [0.4, 0.5) is 0 Å². The molecule has 1 aromatic carbocycles. The third-order valence-corrected chi connectivity index (χ3v) is 6.69. The van der Waals surface area contributed by atoms with Crippen LogP contribution < -0.4 is 10.1 Å².